The Labute approximate surface area is 143 Å². The molecule has 0 saturated carbocycles. The fourth-order valence-corrected chi connectivity index (χ4v) is 3.17. The highest BCUT2D eigenvalue weighted by Crippen LogP contribution is 2.28. The van der Waals surface area contributed by atoms with Gasteiger partial charge in [-0.1, -0.05) is 60.7 Å². The summed E-state index contributed by atoms with van der Waals surface area (Å²) in [6, 6.07) is 19.5. The zero-order valence-electron chi connectivity index (χ0n) is 14.1. The van der Waals surface area contributed by atoms with Crippen LogP contribution in [0.15, 0.2) is 60.7 Å². The maximum Gasteiger partial charge on any atom is 0.238 e. The molecule has 2 atom stereocenters. The molecule has 1 amide bonds. The van der Waals surface area contributed by atoms with Gasteiger partial charge in [0, 0.05) is 18.2 Å². The standard InChI is InChI=1S/C19H23NO3S/c1-14(20-19(21)15(2)24(3,22)23)18(16-10-6-4-7-11-16)17-12-8-5-9-13-17/h4-15,18H,1-3H3,(H,20,21)/t14-,15-/m0/s1. The first kappa shape index (κ1) is 18.2. The first-order valence-electron chi connectivity index (χ1n) is 7.90. The molecule has 0 saturated heterocycles. The molecule has 0 radical (unpaired) electrons. The van der Waals surface area contributed by atoms with Crippen LogP contribution in [0, 0.1) is 0 Å². The van der Waals surface area contributed by atoms with Gasteiger partial charge < -0.3 is 5.32 Å². The number of carbonyl (C=O) groups is 1. The molecule has 1 N–H and O–H groups in total. The van der Waals surface area contributed by atoms with E-state index in [2.05, 4.69) is 5.32 Å². The minimum atomic E-state index is -3.41. The van der Waals surface area contributed by atoms with E-state index in [9.17, 15) is 13.2 Å². The lowest BCUT2D eigenvalue weighted by atomic mass is 9.86. The quantitative estimate of drug-likeness (QED) is 0.875. The largest absolute Gasteiger partial charge is 0.352 e. The zero-order valence-corrected chi connectivity index (χ0v) is 15.0. The minimum absolute atomic E-state index is 0.0527. The Hall–Kier alpha value is -2.14. The van der Waals surface area contributed by atoms with Gasteiger partial charge >= 0.3 is 0 Å². The van der Waals surface area contributed by atoms with E-state index in [0.717, 1.165) is 17.4 Å². The smallest absolute Gasteiger partial charge is 0.238 e. The van der Waals surface area contributed by atoms with Gasteiger partial charge in [0.25, 0.3) is 0 Å². The lowest BCUT2D eigenvalue weighted by Crippen LogP contribution is -2.44. The topological polar surface area (TPSA) is 63.2 Å². The van der Waals surface area contributed by atoms with E-state index >= 15 is 0 Å². The van der Waals surface area contributed by atoms with Crippen molar-refractivity contribution in [1.82, 2.24) is 5.32 Å². The van der Waals surface area contributed by atoms with Crippen LogP contribution in [0.1, 0.15) is 30.9 Å². The molecule has 0 bridgehead atoms. The van der Waals surface area contributed by atoms with E-state index < -0.39 is 21.0 Å². The molecule has 2 aromatic carbocycles. The third kappa shape index (κ3) is 4.45. The summed E-state index contributed by atoms with van der Waals surface area (Å²) in [6.45, 7) is 3.31. The molecule has 0 spiro atoms. The summed E-state index contributed by atoms with van der Waals surface area (Å²) < 4.78 is 23.2. The highest BCUT2D eigenvalue weighted by Gasteiger charge is 2.28. The number of carbonyl (C=O) groups excluding carboxylic acids is 1. The number of benzene rings is 2. The Morgan fingerprint density at radius 2 is 1.29 bits per heavy atom. The summed E-state index contributed by atoms with van der Waals surface area (Å²) in [7, 11) is -3.41. The molecule has 0 fully saturated rings. The van der Waals surface area contributed by atoms with Crippen molar-refractivity contribution < 1.29 is 13.2 Å². The zero-order chi connectivity index (χ0) is 17.7. The van der Waals surface area contributed by atoms with Crippen LogP contribution in [-0.2, 0) is 14.6 Å². The van der Waals surface area contributed by atoms with E-state index in [1.54, 1.807) is 0 Å². The molecule has 2 rings (SSSR count). The first-order valence-corrected chi connectivity index (χ1v) is 9.85. The second-order valence-electron chi connectivity index (χ2n) is 6.07. The highest BCUT2D eigenvalue weighted by atomic mass is 32.2. The van der Waals surface area contributed by atoms with Crippen molar-refractivity contribution in [3.8, 4) is 0 Å². The van der Waals surface area contributed by atoms with E-state index in [0.29, 0.717) is 0 Å². The monoisotopic (exact) mass is 345 g/mol. The lowest BCUT2D eigenvalue weighted by molar-refractivity contribution is -0.121. The van der Waals surface area contributed by atoms with Crippen molar-refractivity contribution in [2.24, 2.45) is 0 Å². The number of hydrogen-bond donors (Lipinski definition) is 1. The number of nitrogens with one attached hydrogen (secondary N) is 1. The van der Waals surface area contributed by atoms with Gasteiger partial charge in [0.1, 0.15) is 5.25 Å². The van der Waals surface area contributed by atoms with Crippen LogP contribution in [0.3, 0.4) is 0 Å². The summed E-state index contributed by atoms with van der Waals surface area (Å²) in [5.74, 6) is -0.523. The Morgan fingerprint density at radius 3 is 1.67 bits per heavy atom. The highest BCUT2D eigenvalue weighted by molar-refractivity contribution is 7.92. The van der Waals surface area contributed by atoms with Gasteiger partial charge in [0.15, 0.2) is 9.84 Å². The van der Waals surface area contributed by atoms with E-state index in [-0.39, 0.29) is 12.0 Å². The van der Waals surface area contributed by atoms with Crippen LogP contribution >= 0.6 is 0 Å². The maximum absolute atomic E-state index is 12.3. The number of hydrogen-bond acceptors (Lipinski definition) is 3. The van der Waals surface area contributed by atoms with Crippen molar-refractivity contribution >= 4 is 15.7 Å². The van der Waals surface area contributed by atoms with E-state index in [1.807, 2.05) is 67.6 Å². The summed E-state index contributed by atoms with van der Waals surface area (Å²) in [5, 5.41) is 1.80. The number of rotatable bonds is 6. The van der Waals surface area contributed by atoms with Crippen LogP contribution in [0.4, 0.5) is 0 Å². The van der Waals surface area contributed by atoms with Crippen molar-refractivity contribution in [3.05, 3.63) is 71.8 Å². The second kappa shape index (κ2) is 7.62. The molecular formula is C19H23NO3S. The summed E-state index contributed by atoms with van der Waals surface area (Å²) in [4.78, 5) is 12.3. The SMILES string of the molecule is C[C@H](NC(=O)[C@H](C)S(C)(=O)=O)C(c1ccccc1)c1ccccc1. The normalized spacial score (nSPS) is 14.2. The molecule has 24 heavy (non-hydrogen) atoms. The van der Waals surface area contributed by atoms with Crippen LogP contribution < -0.4 is 5.32 Å². The van der Waals surface area contributed by atoms with Crippen LogP contribution in [0.25, 0.3) is 0 Å². The van der Waals surface area contributed by atoms with Crippen molar-refractivity contribution in [1.29, 1.82) is 0 Å². The molecular weight excluding hydrogens is 322 g/mol. The van der Waals surface area contributed by atoms with Crippen LogP contribution in [-0.4, -0.2) is 31.9 Å². The minimum Gasteiger partial charge on any atom is -0.352 e. The van der Waals surface area contributed by atoms with Gasteiger partial charge in [-0.15, -0.1) is 0 Å². The molecule has 0 aromatic heterocycles. The number of amides is 1. The van der Waals surface area contributed by atoms with E-state index in [4.69, 9.17) is 0 Å². The maximum atomic E-state index is 12.3. The predicted molar refractivity (Wildman–Crippen MR) is 96.6 cm³/mol. The van der Waals surface area contributed by atoms with Gasteiger partial charge in [-0.05, 0) is 25.0 Å². The molecule has 4 nitrogen and oxygen atoms in total. The Morgan fingerprint density at radius 1 is 0.875 bits per heavy atom. The summed E-state index contributed by atoms with van der Waals surface area (Å²) in [6.07, 6.45) is 1.08. The average Bonchev–Trinajstić information content (AvgIpc) is 2.55. The molecule has 128 valence electrons. The summed E-state index contributed by atoms with van der Waals surface area (Å²) >= 11 is 0. The van der Waals surface area contributed by atoms with Crippen LogP contribution in [0.2, 0.25) is 0 Å². The van der Waals surface area contributed by atoms with Crippen molar-refractivity contribution in [3.63, 3.8) is 0 Å². The average molecular weight is 345 g/mol. The fourth-order valence-electron chi connectivity index (χ4n) is 2.71. The second-order valence-corrected chi connectivity index (χ2v) is 8.43. The molecule has 0 unspecified atom stereocenters. The van der Waals surface area contributed by atoms with Gasteiger partial charge in [0.05, 0.1) is 0 Å². The lowest BCUT2D eigenvalue weighted by Gasteiger charge is -2.27. The summed E-state index contributed by atoms with van der Waals surface area (Å²) in [5.41, 5.74) is 2.15. The molecule has 0 aliphatic carbocycles. The Balaban J connectivity index is 2.30. The predicted octanol–water partition coefficient (Wildman–Crippen LogP) is 2.76. The number of sulfone groups is 1. The van der Waals surface area contributed by atoms with Gasteiger partial charge in [-0.3, -0.25) is 4.79 Å². The van der Waals surface area contributed by atoms with Gasteiger partial charge in [-0.25, -0.2) is 8.42 Å². The molecule has 0 aliphatic rings. The molecule has 2 aromatic rings. The molecule has 5 heteroatoms. The van der Waals surface area contributed by atoms with Gasteiger partial charge in [-0.2, -0.15) is 0 Å². The van der Waals surface area contributed by atoms with Crippen molar-refractivity contribution in [2.75, 3.05) is 6.26 Å². The van der Waals surface area contributed by atoms with Gasteiger partial charge in [0.2, 0.25) is 5.91 Å². The molecule has 0 heterocycles. The van der Waals surface area contributed by atoms with Crippen LogP contribution in [0.5, 0.6) is 0 Å². The molecule has 0 aliphatic heterocycles. The fraction of sp³-hybridized carbons (Fsp3) is 0.316. The Bertz CT molecular complexity index is 733. The van der Waals surface area contributed by atoms with E-state index in [1.165, 1.54) is 6.92 Å². The third-order valence-corrected chi connectivity index (χ3v) is 5.70. The Kier molecular flexibility index (Phi) is 5.78. The third-order valence-electron chi connectivity index (χ3n) is 4.20. The first-order chi connectivity index (χ1) is 11.3. The van der Waals surface area contributed by atoms with Crippen molar-refractivity contribution in [2.45, 2.75) is 31.1 Å².